The molecule has 0 spiro atoms. The second kappa shape index (κ2) is 9.89. The number of para-hydroxylation sites is 1. The first-order chi connectivity index (χ1) is 21.8. The fraction of sp³-hybridized carbons (Fsp3) is 0.0244. The van der Waals surface area contributed by atoms with Crippen molar-refractivity contribution >= 4 is 21.8 Å². The lowest BCUT2D eigenvalue weighted by molar-refractivity contribution is 1.16. The van der Waals surface area contributed by atoms with Crippen LogP contribution in [0.25, 0.3) is 72.5 Å². The van der Waals surface area contributed by atoms with Crippen LogP contribution < -0.4 is 0 Å². The Balaban J connectivity index is 1.24. The summed E-state index contributed by atoms with van der Waals surface area (Å²) in [5, 5.41) is 2.54. The molecule has 0 N–H and O–H groups in total. The third-order valence-corrected chi connectivity index (χ3v) is 8.81. The summed E-state index contributed by atoms with van der Waals surface area (Å²) >= 11 is 0. The van der Waals surface area contributed by atoms with Crippen molar-refractivity contribution in [1.82, 2.24) is 14.5 Å². The van der Waals surface area contributed by atoms with Crippen LogP contribution in [0.5, 0.6) is 0 Å². The number of benzene rings is 6. The predicted molar refractivity (Wildman–Crippen MR) is 181 cm³/mol. The van der Waals surface area contributed by atoms with Crippen LogP contribution >= 0.6 is 0 Å². The number of rotatable bonds is 4. The van der Waals surface area contributed by atoms with E-state index in [4.69, 9.17) is 9.97 Å². The van der Waals surface area contributed by atoms with Gasteiger partial charge < -0.3 is 4.57 Å². The normalized spacial score (nSPS) is 12.0. The van der Waals surface area contributed by atoms with E-state index in [0.29, 0.717) is 0 Å². The zero-order valence-electron chi connectivity index (χ0n) is 24.0. The van der Waals surface area contributed by atoms with E-state index in [1.807, 2.05) is 24.3 Å². The van der Waals surface area contributed by atoms with Crippen molar-refractivity contribution in [2.75, 3.05) is 0 Å². The molecule has 8 aromatic rings. The largest absolute Gasteiger partial charge is 0.309 e. The third kappa shape index (κ3) is 3.98. The first-order valence-electron chi connectivity index (χ1n) is 15.1. The highest BCUT2D eigenvalue weighted by atomic mass is 15.0. The molecule has 0 aliphatic heterocycles. The Labute approximate surface area is 255 Å². The first kappa shape index (κ1) is 24.8. The van der Waals surface area contributed by atoms with Gasteiger partial charge in [-0.25, -0.2) is 9.97 Å². The molecule has 3 heteroatoms. The van der Waals surface area contributed by atoms with Crippen LogP contribution in [0.2, 0.25) is 0 Å². The van der Waals surface area contributed by atoms with Gasteiger partial charge in [0.1, 0.15) is 0 Å². The summed E-state index contributed by atoms with van der Waals surface area (Å²) in [6.45, 7) is 0. The average Bonchev–Trinajstić information content (AvgIpc) is 3.62. The molecule has 1 aliphatic carbocycles. The fourth-order valence-electron chi connectivity index (χ4n) is 6.75. The minimum Gasteiger partial charge on any atom is -0.309 e. The molecule has 3 nitrogen and oxygen atoms in total. The van der Waals surface area contributed by atoms with Crippen molar-refractivity contribution in [1.29, 1.82) is 0 Å². The van der Waals surface area contributed by atoms with Gasteiger partial charge in [-0.05, 0) is 65.1 Å². The fourth-order valence-corrected chi connectivity index (χ4v) is 6.75. The standard InChI is InChI=1S/C41H27N3/c1-3-12-27(13-4-1)37-26-38(43-41(42-37)28-14-5-2-6-15-28)30-17-11-18-32(23-30)44-39-21-10-9-20-34(39)36-25-35-31(24-40(36)44)22-29-16-7-8-19-33(29)35/h1-21,23-26H,22H2. The lowest BCUT2D eigenvalue weighted by atomic mass is 10.0. The van der Waals surface area contributed by atoms with Crippen molar-refractivity contribution in [3.63, 3.8) is 0 Å². The van der Waals surface area contributed by atoms with Gasteiger partial charge in [0.05, 0.1) is 22.4 Å². The van der Waals surface area contributed by atoms with Gasteiger partial charge in [-0.3, -0.25) is 0 Å². The Morgan fingerprint density at radius 2 is 1.11 bits per heavy atom. The zero-order valence-corrected chi connectivity index (χ0v) is 24.0. The lowest BCUT2D eigenvalue weighted by Crippen LogP contribution is -1.98. The molecule has 0 amide bonds. The third-order valence-electron chi connectivity index (χ3n) is 8.81. The number of hydrogen-bond donors (Lipinski definition) is 0. The molecule has 2 aromatic heterocycles. The molecule has 6 aromatic carbocycles. The summed E-state index contributed by atoms with van der Waals surface area (Å²) in [6.07, 6.45) is 0.967. The molecule has 0 atom stereocenters. The van der Waals surface area contributed by atoms with Gasteiger partial charge in [-0.1, -0.05) is 115 Å². The van der Waals surface area contributed by atoms with E-state index in [0.717, 1.165) is 46.0 Å². The first-order valence-corrected chi connectivity index (χ1v) is 15.1. The van der Waals surface area contributed by atoms with Crippen molar-refractivity contribution in [2.24, 2.45) is 0 Å². The van der Waals surface area contributed by atoms with Gasteiger partial charge in [0, 0.05) is 33.2 Å². The van der Waals surface area contributed by atoms with Crippen LogP contribution in [0.1, 0.15) is 11.1 Å². The Hall–Kier alpha value is -5.80. The molecule has 1 aliphatic rings. The molecule has 0 unspecified atom stereocenters. The molecule has 0 saturated carbocycles. The molecular formula is C41H27N3. The van der Waals surface area contributed by atoms with Gasteiger partial charge in [0.15, 0.2) is 5.82 Å². The second-order valence-corrected chi connectivity index (χ2v) is 11.5. The number of hydrogen-bond acceptors (Lipinski definition) is 2. The molecule has 0 bridgehead atoms. The van der Waals surface area contributed by atoms with Crippen molar-refractivity contribution < 1.29 is 0 Å². The monoisotopic (exact) mass is 561 g/mol. The zero-order chi connectivity index (χ0) is 29.0. The quantitative estimate of drug-likeness (QED) is 0.214. The number of nitrogens with zero attached hydrogens (tertiary/aromatic N) is 3. The molecule has 0 saturated heterocycles. The van der Waals surface area contributed by atoms with Gasteiger partial charge >= 0.3 is 0 Å². The highest BCUT2D eigenvalue weighted by molar-refractivity contribution is 6.11. The Bertz CT molecular complexity index is 2290. The topological polar surface area (TPSA) is 30.7 Å². The van der Waals surface area contributed by atoms with E-state index in [9.17, 15) is 0 Å². The summed E-state index contributed by atoms with van der Waals surface area (Å²) in [7, 11) is 0. The maximum atomic E-state index is 5.10. The smallest absolute Gasteiger partial charge is 0.160 e. The van der Waals surface area contributed by atoms with Gasteiger partial charge in [0.25, 0.3) is 0 Å². The summed E-state index contributed by atoms with van der Waals surface area (Å²) in [4.78, 5) is 10.1. The molecule has 2 heterocycles. The summed E-state index contributed by atoms with van der Waals surface area (Å²) < 4.78 is 2.41. The van der Waals surface area contributed by atoms with E-state index in [1.165, 1.54) is 44.1 Å². The van der Waals surface area contributed by atoms with Crippen LogP contribution in [0, 0.1) is 0 Å². The number of fused-ring (bicyclic) bond motifs is 6. The summed E-state index contributed by atoms with van der Waals surface area (Å²) in [5.41, 5.74) is 14.0. The Morgan fingerprint density at radius 1 is 0.432 bits per heavy atom. The van der Waals surface area contributed by atoms with Crippen molar-refractivity contribution in [3.05, 3.63) is 163 Å². The maximum absolute atomic E-state index is 5.10. The molecule has 44 heavy (non-hydrogen) atoms. The van der Waals surface area contributed by atoms with Crippen LogP contribution in [-0.2, 0) is 6.42 Å². The average molecular weight is 562 g/mol. The lowest BCUT2D eigenvalue weighted by Gasteiger charge is -2.12. The van der Waals surface area contributed by atoms with Crippen LogP contribution in [-0.4, -0.2) is 14.5 Å². The van der Waals surface area contributed by atoms with E-state index in [2.05, 4.69) is 132 Å². The minimum atomic E-state index is 0.722. The van der Waals surface area contributed by atoms with Gasteiger partial charge in [0.2, 0.25) is 0 Å². The molecule has 9 rings (SSSR count). The van der Waals surface area contributed by atoms with E-state index in [-0.39, 0.29) is 0 Å². The molecule has 0 fully saturated rings. The molecule has 0 radical (unpaired) electrons. The minimum absolute atomic E-state index is 0.722. The van der Waals surface area contributed by atoms with Crippen molar-refractivity contribution in [2.45, 2.75) is 6.42 Å². The van der Waals surface area contributed by atoms with Crippen LogP contribution in [0.4, 0.5) is 0 Å². The Morgan fingerprint density at radius 3 is 1.95 bits per heavy atom. The summed E-state index contributed by atoms with van der Waals surface area (Å²) in [6, 6.07) is 53.8. The van der Waals surface area contributed by atoms with Crippen molar-refractivity contribution in [3.8, 4) is 50.7 Å². The van der Waals surface area contributed by atoms with E-state index in [1.54, 1.807) is 0 Å². The molecular weight excluding hydrogens is 534 g/mol. The van der Waals surface area contributed by atoms with Gasteiger partial charge in [-0.15, -0.1) is 0 Å². The maximum Gasteiger partial charge on any atom is 0.160 e. The van der Waals surface area contributed by atoms with Crippen LogP contribution in [0.3, 0.4) is 0 Å². The number of aromatic nitrogens is 3. The van der Waals surface area contributed by atoms with E-state index >= 15 is 0 Å². The predicted octanol–water partition coefficient (Wildman–Crippen LogP) is 10.1. The SMILES string of the molecule is c1ccc(-c2cc(-c3cccc(-n4c5ccccc5c5cc6c(cc54)Cc4ccccc4-6)c3)nc(-c3ccccc3)n2)cc1. The Kier molecular flexibility index (Phi) is 5.57. The highest BCUT2D eigenvalue weighted by Crippen LogP contribution is 2.42. The highest BCUT2D eigenvalue weighted by Gasteiger charge is 2.22. The molecule has 206 valence electrons. The second-order valence-electron chi connectivity index (χ2n) is 11.5. The van der Waals surface area contributed by atoms with Gasteiger partial charge in [-0.2, -0.15) is 0 Å². The van der Waals surface area contributed by atoms with E-state index < -0.39 is 0 Å². The van der Waals surface area contributed by atoms with Crippen LogP contribution in [0.15, 0.2) is 152 Å². The summed E-state index contributed by atoms with van der Waals surface area (Å²) in [5.74, 6) is 0.722.